The fraction of sp³-hybridized carbons (Fsp3) is 0.636. The van der Waals surface area contributed by atoms with Crippen LogP contribution in [0.4, 0.5) is 0 Å². The lowest BCUT2D eigenvalue weighted by atomic mass is 10.3. The smallest absolute Gasteiger partial charge is 0.178 e. The Bertz CT molecular complexity index is 369. The number of nitrogens with zero attached hydrogens (tertiary/aromatic N) is 3. The number of ketones is 1. The number of rotatable bonds is 3. The molecule has 1 aliphatic rings. The van der Waals surface area contributed by atoms with E-state index in [1.165, 1.54) is 0 Å². The van der Waals surface area contributed by atoms with Crippen molar-refractivity contribution in [2.45, 2.75) is 13.5 Å². The van der Waals surface area contributed by atoms with E-state index in [-0.39, 0.29) is 5.78 Å². The summed E-state index contributed by atoms with van der Waals surface area (Å²) < 4.78 is 0. The number of hydrogen-bond acceptors (Lipinski definition) is 5. The van der Waals surface area contributed by atoms with Gasteiger partial charge in [0.25, 0.3) is 0 Å². The van der Waals surface area contributed by atoms with E-state index in [4.69, 9.17) is 0 Å². The lowest BCUT2D eigenvalue weighted by Gasteiger charge is -2.31. The molecule has 1 aromatic heterocycles. The zero-order valence-electron chi connectivity index (χ0n) is 9.77. The second kappa shape index (κ2) is 5.03. The van der Waals surface area contributed by atoms with Crippen molar-refractivity contribution >= 4 is 17.1 Å². The van der Waals surface area contributed by atoms with Crippen LogP contribution >= 0.6 is 11.3 Å². The molecule has 16 heavy (non-hydrogen) atoms. The number of piperazine rings is 1. The zero-order valence-corrected chi connectivity index (χ0v) is 10.6. The fourth-order valence-electron chi connectivity index (χ4n) is 1.74. The van der Waals surface area contributed by atoms with Crippen molar-refractivity contribution in [2.75, 3.05) is 33.2 Å². The maximum Gasteiger partial charge on any atom is 0.178 e. The number of carbonyl (C=O) groups is 1. The van der Waals surface area contributed by atoms with Crippen molar-refractivity contribution in [1.29, 1.82) is 0 Å². The first-order valence-electron chi connectivity index (χ1n) is 5.51. The molecule has 88 valence electrons. The number of likely N-dealkylation sites (N-methyl/N-ethyl adjacent to an activating group) is 1. The average Bonchev–Trinajstić information content (AvgIpc) is 2.70. The van der Waals surface area contributed by atoms with Crippen LogP contribution in [0.25, 0.3) is 0 Å². The van der Waals surface area contributed by atoms with Crippen LogP contribution in [-0.4, -0.2) is 53.8 Å². The van der Waals surface area contributed by atoms with Crippen LogP contribution in [0.2, 0.25) is 0 Å². The quantitative estimate of drug-likeness (QED) is 0.740. The molecular weight excluding hydrogens is 222 g/mol. The van der Waals surface area contributed by atoms with Gasteiger partial charge >= 0.3 is 0 Å². The van der Waals surface area contributed by atoms with Crippen molar-refractivity contribution in [3.05, 3.63) is 16.1 Å². The molecule has 1 aromatic rings. The summed E-state index contributed by atoms with van der Waals surface area (Å²) in [6, 6.07) is 0. The summed E-state index contributed by atoms with van der Waals surface area (Å²) in [6.07, 6.45) is 0. The van der Waals surface area contributed by atoms with Crippen molar-refractivity contribution in [2.24, 2.45) is 0 Å². The van der Waals surface area contributed by atoms with Gasteiger partial charge in [0.15, 0.2) is 5.78 Å². The SMILES string of the molecule is CC(=O)c1csc(CN2CCN(C)CC2)n1. The first-order chi connectivity index (χ1) is 7.65. The van der Waals surface area contributed by atoms with Crippen LogP contribution in [0.1, 0.15) is 22.4 Å². The third-order valence-electron chi connectivity index (χ3n) is 2.87. The summed E-state index contributed by atoms with van der Waals surface area (Å²) in [4.78, 5) is 20.2. The van der Waals surface area contributed by atoms with Gasteiger partial charge in [-0.3, -0.25) is 9.69 Å². The monoisotopic (exact) mass is 239 g/mol. The van der Waals surface area contributed by atoms with Crippen LogP contribution in [0.5, 0.6) is 0 Å². The molecule has 0 aromatic carbocycles. The molecule has 0 aliphatic carbocycles. The van der Waals surface area contributed by atoms with E-state index in [9.17, 15) is 4.79 Å². The third-order valence-corrected chi connectivity index (χ3v) is 3.70. The first-order valence-corrected chi connectivity index (χ1v) is 6.39. The van der Waals surface area contributed by atoms with Crippen molar-refractivity contribution in [1.82, 2.24) is 14.8 Å². The average molecular weight is 239 g/mol. The molecule has 0 saturated carbocycles. The van der Waals surface area contributed by atoms with Gasteiger partial charge in [-0.25, -0.2) is 4.98 Å². The molecule has 0 spiro atoms. The lowest BCUT2D eigenvalue weighted by Crippen LogP contribution is -2.43. The molecule has 2 rings (SSSR count). The van der Waals surface area contributed by atoms with E-state index in [1.54, 1.807) is 18.3 Å². The highest BCUT2D eigenvalue weighted by Crippen LogP contribution is 2.13. The minimum atomic E-state index is 0.0564. The molecule has 1 fully saturated rings. The molecular formula is C11H17N3OS. The highest BCUT2D eigenvalue weighted by Gasteiger charge is 2.15. The van der Waals surface area contributed by atoms with E-state index in [1.807, 2.05) is 5.38 Å². The number of Topliss-reactive ketones (excluding diaryl/α,β-unsaturated/α-hetero) is 1. The maximum absolute atomic E-state index is 11.1. The number of aromatic nitrogens is 1. The van der Waals surface area contributed by atoms with E-state index >= 15 is 0 Å². The van der Waals surface area contributed by atoms with Crippen LogP contribution < -0.4 is 0 Å². The molecule has 0 amide bonds. The third kappa shape index (κ3) is 2.87. The van der Waals surface area contributed by atoms with E-state index in [0.717, 1.165) is 37.7 Å². The Morgan fingerprint density at radius 3 is 2.69 bits per heavy atom. The van der Waals surface area contributed by atoms with Crippen molar-refractivity contribution in [3.63, 3.8) is 0 Å². The van der Waals surface area contributed by atoms with Gasteiger partial charge in [-0.1, -0.05) is 0 Å². The largest absolute Gasteiger partial charge is 0.304 e. The predicted molar refractivity (Wildman–Crippen MR) is 64.9 cm³/mol. The second-order valence-electron chi connectivity index (χ2n) is 4.26. The highest BCUT2D eigenvalue weighted by atomic mass is 32.1. The Hall–Kier alpha value is -0.780. The normalized spacial score (nSPS) is 18.9. The summed E-state index contributed by atoms with van der Waals surface area (Å²) in [5.41, 5.74) is 0.606. The number of hydrogen-bond donors (Lipinski definition) is 0. The highest BCUT2D eigenvalue weighted by molar-refractivity contribution is 7.09. The van der Waals surface area contributed by atoms with Gasteiger partial charge in [0.1, 0.15) is 10.7 Å². The molecule has 1 aliphatic heterocycles. The summed E-state index contributed by atoms with van der Waals surface area (Å²) >= 11 is 1.59. The van der Waals surface area contributed by atoms with Crippen LogP contribution in [0, 0.1) is 0 Å². The van der Waals surface area contributed by atoms with Crippen LogP contribution in [0.15, 0.2) is 5.38 Å². The Morgan fingerprint density at radius 1 is 1.44 bits per heavy atom. The topological polar surface area (TPSA) is 36.4 Å². The standard InChI is InChI=1S/C11H17N3OS/c1-9(15)10-8-16-11(12-10)7-14-5-3-13(2)4-6-14/h8H,3-7H2,1-2H3. The summed E-state index contributed by atoms with van der Waals surface area (Å²) in [5, 5.41) is 2.91. The molecule has 0 bridgehead atoms. The Kier molecular flexibility index (Phi) is 3.68. The fourth-order valence-corrected chi connectivity index (χ4v) is 2.62. The first kappa shape index (κ1) is 11.7. The van der Waals surface area contributed by atoms with Gasteiger partial charge in [-0.15, -0.1) is 11.3 Å². The predicted octanol–water partition coefficient (Wildman–Crippen LogP) is 1.09. The van der Waals surface area contributed by atoms with Gasteiger partial charge in [-0.05, 0) is 7.05 Å². The molecule has 5 heteroatoms. The number of carbonyl (C=O) groups excluding carboxylic acids is 1. The van der Waals surface area contributed by atoms with Gasteiger partial charge in [0, 0.05) is 38.5 Å². The summed E-state index contributed by atoms with van der Waals surface area (Å²) in [7, 11) is 2.15. The molecule has 4 nitrogen and oxygen atoms in total. The van der Waals surface area contributed by atoms with Crippen molar-refractivity contribution in [3.8, 4) is 0 Å². The van der Waals surface area contributed by atoms with Crippen molar-refractivity contribution < 1.29 is 4.79 Å². The molecule has 1 saturated heterocycles. The minimum absolute atomic E-state index is 0.0564. The van der Waals surface area contributed by atoms with Gasteiger partial charge in [0.2, 0.25) is 0 Å². The lowest BCUT2D eigenvalue weighted by molar-refractivity contribution is 0.101. The van der Waals surface area contributed by atoms with Crippen LogP contribution in [0.3, 0.4) is 0 Å². The van der Waals surface area contributed by atoms with E-state index in [2.05, 4.69) is 21.8 Å². The molecule has 2 heterocycles. The van der Waals surface area contributed by atoms with Gasteiger partial charge in [-0.2, -0.15) is 0 Å². The second-order valence-corrected chi connectivity index (χ2v) is 5.20. The Morgan fingerprint density at radius 2 is 2.12 bits per heavy atom. The summed E-state index contributed by atoms with van der Waals surface area (Å²) in [6.45, 7) is 6.85. The Labute approximate surface area is 99.9 Å². The zero-order chi connectivity index (χ0) is 11.5. The maximum atomic E-state index is 11.1. The van der Waals surface area contributed by atoms with Crippen LogP contribution in [-0.2, 0) is 6.54 Å². The Balaban J connectivity index is 1.91. The number of thiazole rings is 1. The molecule has 0 radical (unpaired) electrons. The molecule has 0 unspecified atom stereocenters. The van der Waals surface area contributed by atoms with Gasteiger partial charge < -0.3 is 4.90 Å². The van der Waals surface area contributed by atoms with E-state index in [0.29, 0.717) is 5.69 Å². The summed E-state index contributed by atoms with van der Waals surface area (Å²) in [5.74, 6) is 0.0564. The van der Waals surface area contributed by atoms with Gasteiger partial charge in [0.05, 0.1) is 6.54 Å². The van der Waals surface area contributed by atoms with E-state index < -0.39 is 0 Å². The minimum Gasteiger partial charge on any atom is -0.304 e. The molecule has 0 N–H and O–H groups in total. The molecule has 0 atom stereocenters.